The summed E-state index contributed by atoms with van der Waals surface area (Å²) < 4.78 is 0. The van der Waals surface area contributed by atoms with Crippen LogP contribution >= 0.6 is 23.2 Å². The standard InChI is InChI=1S/C15H22Cl2N2/c1-10-9-12(7-8-19(10)3)18-11(2)13-5-4-6-14(16)15(13)17/h4-6,10-12,18H,7-9H2,1-3H3. The quantitative estimate of drug-likeness (QED) is 0.903. The van der Waals surface area contributed by atoms with E-state index in [4.69, 9.17) is 23.2 Å². The van der Waals surface area contributed by atoms with Crippen LogP contribution in [0.25, 0.3) is 0 Å². The molecule has 106 valence electrons. The van der Waals surface area contributed by atoms with Crippen molar-refractivity contribution in [2.45, 2.75) is 44.8 Å². The van der Waals surface area contributed by atoms with Crippen LogP contribution in [0.4, 0.5) is 0 Å². The Kier molecular flexibility index (Phi) is 5.13. The molecule has 0 saturated carbocycles. The number of halogens is 2. The Morgan fingerprint density at radius 2 is 2.11 bits per heavy atom. The Bertz CT molecular complexity index is 436. The highest BCUT2D eigenvalue weighted by Gasteiger charge is 2.24. The van der Waals surface area contributed by atoms with Crippen molar-refractivity contribution in [2.75, 3.05) is 13.6 Å². The van der Waals surface area contributed by atoms with Gasteiger partial charge in [-0.2, -0.15) is 0 Å². The van der Waals surface area contributed by atoms with Crippen molar-refractivity contribution in [3.8, 4) is 0 Å². The van der Waals surface area contributed by atoms with Gasteiger partial charge >= 0.3 is 0 Å². The van der Waals surface area contributed by atoms with Gasteiger partial charge < -0.3 is 10.2 Å². The zero-order valence-electron chi connectivity index (χ0n) is 11.8. The maximum absolute atomic E-state index is 6.28. The maximum Gasteiger partial charge on any atom is 0.0639 e. The zero-order valence-corrected chi connectivity index (χ0v) is 13.3. The lowest BCUT2D eigenvalue weighted by Crippen LogP contribution is -2.46. The predicted molar refractivity (Wildman–Crippen MR) is 83.1 cm³/mol. The van der Waals surface area contributed by atoms with E-state index in [1.165, 1.54) is 12.8 Å². The lowest BCUT2D eigenvalue weighted by atomic mass is 9.97. The van der Waals surface area contributed by atoms with Crippen molar-refractivity contribution in [3.63, 3.8) is 0 Å². The molecule has 2 nitrogen and oxygen atoms in total. The van der Waals surface area contributed by atoms with Gasteiger partial charge in [0, 0.05) is 18.1 Å². The molecule has 0 spiro atoms. The SMILES string of the molecule is CC(NC1CCN(C)C(C)C1)c1cccc(Cl)c1Cl. The zero-order chi connectivity index (χ0) is 14.0. The van der Waals surface area contributed by atoms with E-state index in [9.17, 15) is 0 Å². The summed E-state index contributed by atoms with van der Waals surface area (Å²) in [4.78, 5) is 2.41. The fourth-order valence-electron chi connectivity index (χ4n) is 2.74. The number of nitrogens with one attached hydrogen (secondary N) is 1. The first-order chi connectivity index (χ1) is 8.99. The molecule has 2 rings (SSSR count). The second kappa shape index (κ2) is 6.45. The smallest absolute Gasteiger partial charge is 0.0639 e. The second-order valence-electron chi connectivity index (χ2n) is 5.58. The second-order valence-corrected chi connectivity index (χ2v) is 6.37. The fraction of sp³-hybridized carbons (Fsp3) is 0.600. The van der Waals surface area contributed by atoms with E-state index in [1.807, 2.05) is 18.2 Å². The molecule has 0 amide bonds. The van der Waals surface area contributed by atoms with Crippen LogP contribution < -0.4 is 5.32 Å². The summed E-state index contributed by atoms with van der Waals surface area (Å²) in [5, 5.41) is 4.99. The molecule has 0 aliphatic carbocycles. The van der Waals surface area contributed by atoms with E-state index in [0.717, 1.165) is 12.1 Å². The average molecular weight is 301 g/mol. The lowest BCUT2D eigenvalue weighted by molar-refractivity contribution is 0.163. The number of likely N-dealkylation sites (tertiary alicyclic amines) is 1. The Labute approximate surface area is 126 Å². The highest BCUT2D eigenvalue weighted by atomic mass is 35.5. The van der Waals surface area contributed by atoms with E-state index in [2.05, 4.69) is 31.1 Å². The fourth-order valence-corrected chi connectivity index (χ4v) is 3.21. The van der Waals surface area contributed by atoms with Crippen molar-refractivity contribution in [1.82, 2.24) is 10.2 Å². The molecule has 3 atom stereocenters. The summed E-state index contributed by atoms with van der Waals surface area (Å²) in [7, 11) is 2.19. The Balaban J connectivity index is 2.01. The molecule has 19 heavy (non-hydrogen) atoms. The summed E-state index contributed by atoms with van der Waals surface area (Å²) >= 11 is 12.4. The van der Waals surface area contributed by atoms with Gasteiger partial charge in [0.1, 0.15) is 0 Å². The van der Waals surface area contributed by atoms with Crippen LogP contribution in [-0.4, -0.2) is 30.6 Å². The first-order valence-electron chi connectivity index (χ1n) is 6.89. The van der Waals surface area contributed by atoms with Crippen LogP contribution in [-0.2, 0) is 0 Å². The molecule has 1 fully saturated rings. The van der Waals surface area contributed by atoms with Gasteiger partial charge in [0.15, 0.2) is 0 Å². The number of nitrogens with zero attached hydrogens (tertiary/aromatic N) is 1. The highest BCUT2D eigenvalue weighted by molar-refractivity contribution is 6.42. The molecule has 1 aliphatic heterocycles. The molecular weight excluding hydrogens is 279 g/mol. The molecule has 4 heteroatoms. The third-order valence-corrected chi connectivity index (χ3v) is 4.98. The molecule has 1 N–H and O–H groups in total. The number of rotatable bonds is 3. The highest BCUT2D eigenvalue weighted by Crippen LogP contribution is 2.30. The first kappa shape index (κ1) is 15.1. The number of hydrogen-bond donors (Lipinski definition) is 1. The van der Waals surface area contributed by atoms with Gasteiger partial charge in [-0.05, 0) is 51.9 Å². The minimum Gasteiger partial charge on any atom is -0.307 e. The van der Waals surface area contributed by atoms with Crippen molar-refractivity contribution in [3.05, 3.63) is 33.8 Å². The van der Waals surface area contributed by atoms with Gasteiger partial charge in [-0.3, -0.25) is 0 Å². The summed E-state index contributed by atoms with van der Waals surface area (Å²) in [6.07, 6.45) is 2.36. The van der Waals surface area contributed by atoms with Gasteiger partial charge in [-0.15, -0.1) is 0 Å². The van der Waals surface area contributed by atoms with E-state index in [0.29, 0.717) is 22.1 Å². The van der Waals surface area contributed by atoms with Gasteiger partial charge in [0.2, 0.25) is 0 Å². The minimum absolute atomic E-state index is 0.229. The van der Waals surface area contributed by atoms with Crippen molar-refractivity contribution < 1.29 is 0 Å². The monoisotopic (exact) mass is 300 g/mol. The van der Waals surface area contributed by atoms with Crippen molar-refractivity contribution in [1.29, 1.82) is 0 Å². The van der Waals surface area contributed by atoms with Crippen LogP contribution in [0.5, 0.6) is 0 Å². The third-order valence-electron chi connectivity index (χ3n) is 4.14. The van der Waals surface area contributed by atoms with Gasteiger partial charge in [0.25, 0.3) is 0 Å². The van der Waals surface area contributed by atoms with E-state index < -0.39 is 0 Å². The van der Waals surface area contributed by atoms with Gasteiger partial charge in [-0.25, -0.2) is 0 Å². The number of hydrogen-bond acceptors (Lipinski definition) is 2. The molecule has 0 radical (unpaired) electrons. The van der Waals surface area contributed by atoms with Gasteiger partial charge in [0.05, 0.1) is 10.0 Å². The molecular formula is C15H22Cl2N2. The van der Waals surface area contributed by atoms with Gasteiger partial charge in [-0.1, -0.05) is 35.3 Å². The lowest BCUT2D eigenvalue weighted by Gasteiger charge is -2.37. The Morgan fingerprint density at radius 3 is 2.79 bits per heavy atom. The van der Waals surface area contributed by atoms with Crippen LogP contribution in [0, 0.1) is 0 Å². The Hall–Kier alpha value is -0.280. The van der Waals surface area contributed by atoms with Crippen LogP contribution in [0.3, 0.4) is 0 Å². The molecule has 0 aromatic heterocycles. The van der Waals surface area contributed by atoms with Crippen LogP contribution in [0.1, 0.15) is 38.3 Å². The normalized spacial score (nSPS) is 26.4. The molecule has 1 saturated heterocycles. The van der Waals surface area contributed by atoms with Crippen LogP contribution in [0.15, 0.2) is 18.2 Å². The predicted octanol–water partition coefficient (Wildman–Crippen LogP) is 4.13. The van der Waals surface area contributed by atoms with E-state index >= 15 is 0 Å². The molecule has 3 unspecified atom stereocenters. The molecule has 1 heterocycles. The summed E-state index contributed by atoms with van der Waals surface area (Å²) in [6, 6.07) is 7.25. The molecule has 0 bridgehead atoms. The number of benzene rings is 1. The average Bonchev–Trinajstić information content (AvgIpc) is 2.37. The summed E-state index contributed by atoms with van der Waals surface area (Å²) in [5.74, 6) is 0. The first-order valence-corrected chi connectivity index (χ1v) is 7.65. The molecule has 1 aromatic rings. The number of piperidine rings is 1. The van der Waals surface area contributed by atoms with Crippen LogP contribution in [0.2, 0.25) is 10.0 Å². The summed E-state index contributed by atoms with van der Waals surface area (Å²) in [6.45, 7) is 5.58. The van der Waals surface area contributed by atoms with E-state index in [-0.39, 0.29) is 6.04 Å². The minimum atomic E-state index is 0.229. The van der Waals surface area contributed by atoms with Crippen molar-refractivity contribution in [2.24, 2.45) is 0 Å². The van der Waals surface area contributed by atoms with Crippen molar-refractivity contribution >= 4 is 23.2 Å². The maximum atomic E-state index is 6.28. The summed E-state index contributed by atoms with van der Waals surface area (Å²) in [5.41, 5.74) is 1.08. The topological polar surface area (TPSA) is 15.3 Å². The third kappa shape index (κ3) is 3.63. The largest absolute Gasteiger partial charge is 0.307 e. The van der Waals surface area contributed by atoms with E-state index in [1.54, 1.807) is 0 Å². The Morgan fingerprint density at radius 1 is 1.37 bits per heavy atom. The molecule has 1 aliphatic rings. The molecule has 1 aromatic carbocycles.